The van der Waals surface area contributed by atoms with Crippen molar-refractivity contribution in [3.8, 4) is 0 Å². The second-order valence-electron chi connectivity index (χ2n) is 5.09. The average Bonchev–Trinajstić information content (AvgIpc) is 3.01. The smallest absolute Gasteiger partial charge is 0.250 e. The molecule has 7 heteroatoms. The van der Waals surface area contributed by atoms with Crippen LogP contribution in [0.2, 0.25) is 0 Å². The molecule has 1 aromatic heterocycles. The van der Waals surface area contributed by atoms with Crippen LogP contribution in [0.15, 0.2) is 58.8 Å². The number of carbonyl (C=O) groups is 1. The van der Waals surface area contributed by atoms with E-state index in [1.54, 1.807) is 19.1 Å². The van der Waals surface area contributed by atoms with Crippen molar-refractivity contribution in [3.05, 3.63) is 59.9 Å². The Bertz CT molecular complexity index is 856. The molecular formula is C17H15FN4OS. The molecular weight excluding hydrogens is 327 g/mol. The van der Waals surface area contributed by atoms with Gasteiger partial charge in [0, 0.05) is 0 Å². The third-order valence-corrected chi connectivity index (χ3v) is 4.19. The highest BCUT2D eigenvalue weighted by Crippen LogP contribution is 2.18. The number of nitrogens with zero attached hydrogens (tertiary/aromatic N) is 2. The number of thioether (sulfide) groups is 1. The topological polar surface area (TPSA) is 70.1 Å². The first-order valence-corrected chi connectivity index (χ1v) is 8.27. The van der Waals surface area contributed by atoms with E-state index >= 15 is 0 Å². The number of rotatable bonds is 5. The number of aromatic amines is 1. The predicted molar refractivity (Wildman–Crippen MR) is 93.6 cm³/mol. The maximum atomic E-state index is 12.9. The molecule has 1 heterocycles. The van der Waals surface area contributed by atoms with Gasteiger partial charge in [-0.2, -0.15) is 5.10 Å². The lowest BCUT2D eigenvalue weighted by atomic mass is 10.1. The van der Waals surface area contributed by atoms with Crippen LogP contribution in [-0.4, -0.2) is 27.3 Å². The minimum Gasteiger partial charge on any atom is -0.333 e. The Kier molecular flexibility index (Phi) is 4.90. The molecule has 0 saturated heterocycles. The van der Waals surface area contributed by atoms with Crippen LogP contribution in [0.1, 0.15) is 12.5 Å². The second kappa shape index (κ2) is 7.27. The van der Waals surface area contributed by atoms with Crippen LogP contribution in [0.3, 0.4) is 0 Å². The first-order chi connectivity index (χ1) is 11.6. The van der Waals surface area contributed by atoms with E-state index in [4.69, 9.17) is 0 Å². The van der Waals surface area contributed by atoms with Crippen molar-refractivity contribution in [2.24, 2.45) is 5.10 Å². The van der Waals surface area contributed by atoms with Crippen LogP contribution in [0.5, 0.6) is 0 Å². The molecule has 0 saturated carbocycles. The van der Waals surface area contributed by atoms with E-state index in [1.807, 2.05) is 24.3 Å². The summed E-state index contributed by atoms with van der Waals surface area (Å²) in [6, 6.07) is 13.6. The number of amides is 1. The molecule has 5 nitrogen and oxygen atoms in total. The van der Waals surface area contributed by atoms with Crippen molar-refractivity contribution in [1.82, 2.24) is 15.4 Å². The van der Waals surface area contributed by atoms with Gasteiger partial charge in [0.1, 0.15) is 5.82 Å². The van der Waals surface area contributed by atoms with E-state index in [2.05, 4.69) is 20.5 Å². The van der Waals surface area contributed by atoms with Gasteiger partial charge in [0.15, 0.2) is 5.16 Å². The van der Waals surface area contributed by atoms with Crippen LogP contribution in [0.4, 0.5) is 4.39 Å². The van der Waals surface area contributed by atoms with Crippen LogP contribution < -0.4 is 5.43 Å². The fraction of sp³-hybridized carbons (Fsp3) is 0.118. The van der Waals surface area contributed by atoms with Crippen molar-refractivity contribution in [2.45, 2.75) is 12.1 Å². The summed E-state index contributed by atoms with van der Waals surface area (Å²) in [5, 5.41) is 4.72. The summed E-state index contributed by atoms with van der Waals surface area (Å²) >= 11 is 1.31. The van der Waals surface area contributed by atoms with Gasteiger partial charge in [-0.3, -0.25) is 4.79 Å². The molecule has 0 aliphatic rings. The van der Waals surface area contributed by atoms with Gasteiger partial charge >= 0.3 is 0 Å². The van der Waals surface area contributed by atoms with Gasteiger partial charge in [-0.05, 0) is 36.8 Å². The van der Waals surface area contributed by atoms with E-state index in [0.29, 0.717) is 10.9 Å². The minimum absolute atomic E-state index is 0.194. The highest BCUT2D eigenvalue weighted by molar-refractivity contribution is 7.99. The molecule has 0 aliphatic heterocycles. The normalized spacial score (nSPS) is 11.7. The summed E-state index contributed by atoms with van der Waals surface area (Å²) in [6.45, 7) is 1.75. The third kappa shape index (κ3) is 3.99. The summed E-state index contributed by atoms with van der Waals surface area (Å²) in [5.41, 5.74) is 5.65. The number of carbonyl (C=O) groups excluding carboxylic acids is 1. The molecule has 3 rings (SSSR count). The van der Waals surface area contributed by atoms with Gasteiger partial charge in [-0.15, -0.1) is 0 Å². The maximum absolute atomic E-state index is 12.9. The summed E-state index contributed by atoms with van der Waals surface area (Å²) in [7, 11) is 0. The molecule has 24 heavy (non-hydrogen) atoms. The van der Waals surface area contributed by atoms with Gasteiger partial charge in [-0.25, -0.2) is 14.8 Å². The lowest BCUT2D eigenvalue weighted by Gasteiger charge is -2.02. The van der Waals surface area contributed by atoms with Crippen molar-refractivity contribution < 1.29 is 9.18 Å². The molecule has 3 aromatic rings. The third-order valence-electron chi connectivity index (χ3n) is 3.32. The van der Waals surface area contributed by atoms with Crippen LogP contribution in [0.25, 0.3) is 11.0 Å². The van der Waals surface area contributed by atoms with E-state index in [1.165, 1.54) is 23.9 Å². The number of hydrogen-bond acceptors (Lipinski definition) is 4. The summed E-state index contributed by atoms with van der Waals surface area (Å²) in [5.74, 6) is -0.347. The number of hydrazone groups is 1. The van der Waals surface area contributed by atoms with Crippen molar-refractivity contribution in [3.63, 3.8) is 0 Å². The van der Waals surface area contributed by atoms with E-state index in [-0.39, 0.29) is 17.5 Å². The number of benzene rings is 2. The fourth-order valence-corrected chi connectivity index (χ4v) is 2.74. The second-order valence-corrected chi connectivity index (χ2v) is 6.05. The molecule has 0 atom stereocenters. The SMILES string of the molecule is CC(=NNC(=O)CSc1nc2ccccc2[nH]1)c1ccc(F)cc1. The first kappa shape index (κ1) is 16.2. The van der Waals surface area contributed by atoms with Crippen molar-refractivity contribution in [2.75, 3.05) is 5.75 Å². The molecule has 0 unspecified atom stereocenters. The number of hydrogen-bond donors (Lipinski definition) is 2. The molecule has 2 aromatic carbocycles. The Morgan fingerprint density at radius 3 is 2.75 bits per heavy atom. The monoisotopic (exact) mass is 342 g/mol. The van der Waals surface area contributed by atoms with Gasteiger partial charge in [-0.1, -0.05) is 36.0 Å². The Morgan fingerprint density at radius 1 is 1.25 bits per heavy atom. The predicted octanol–water partition coefficient (Wildman–Crippen LogP) is 3.33. The molecule has 122 valence electrons. The zero-order valence-electron chi connectivity index (χ0n) is 12.9. The van der Waals surface area contributed by atoms with Crippen molar-refractivity contribution in [1.29, 1.82) is 0 Å². The number of imidazole rings is 1. The van der Waals surface area contributed by atoms with Crippen LogP contribution in [0, 0.1) is 5.82 Å². The molecule has 2 N–H and O–H groups in total. The zero-order chi connectivity index (χ0) is 16.9. The maximum Gasteiger partial charge on any atom is 0.250 e. The van der Waals surface area contributed by atoms with E-state index in [0.717, 1.165) is 16.6 Å². The zero-order valence-corrected chi connectivity index (χ0v) is 13.7. The van der Waals surface area contributed by atoms with E-state index < -0.39 is 0 Å². The van der Waals surface area contributed by atoms with Crippen LogP contribution >= 0.6 is 11.8 Å². The number of aromatic nitrogens is 2. The molecule has 0 fully saturated rings. The van der Waals surface area contributed by atoms with E-state index in [9.17, 15) is 9.18 Å². The Balaban J connectivity index is 1.55. The number of nitrogens with one attached hydrogen (secondary N) is 2. The molecule has 0 radical (unpaired) electrons. The van der Waals surface area contributed by atoms with Crippen LogP contribution in [-0.2, 0) is 4.79 Å². The minimum atomic E-state index is -0.308. The number of para-hydroxylation sites is 2. The number of H-pyrrole nitrogens is 1. The Morgan fingerprint density at radius 2 is 2.00 bits per heavy atom. The number of fused-ring (bicyclic) bond motifs is 1. The van der Waals surface area contributed by atoms with Gasteiger partial charge in [0.05, 0.1) is 22.5 Å². The summed E-state index contributed by atoms with van der Waals surface area (Å²) in [4.78, 5) is 19.4. The van der Waals surface area contributed by atoms with Gasteiger partial charge < -0.3 is 4.98 Å². The quantitative estimate of drug-likeness (QED) is 0.424. The number of halogens is 1. The standard InChI is InChI=1S/C17H15FN4OS/c1-11(12-6-8-13(18)9-7-12)21-22-16(23)10-24-17-19-14-4-2-3-5-15(14)20-17/h2-9H,10H2,1H3,(H,19,20)(H,22,23). The summed E-state index contributed by atoms with van der Waals surface area (Å²) in [6.07, 6.45) is 0. The Hall–Kier alpha value is -2.67. The molecule has 0 spiro atoms. The highest BCUT2D eigenvalue weighted by Gasteiger charge is 2.07. The fourth-order valence-electron chi connectivity index (χ4n) is 2.07. The highest BCUT2D eigenvalue weighted by atomic mass is 32.2. The lowest BCUT2D eigenvalue weighted by molar-refractivity contribution is -0.118. The lowest BCUT2D eigenvalue weighted by Crippen LogP contribution is -2.21. The Labute approximate surface area is 142 Å². The summed E-state index contributed by atoms with van der Waals surface area (Å²) < 4.78 is 12.9. The largest absolute Gasteiger partial charge is 0.333 e. The molecule has 0 bridgehead atoms. The first-order valence-electron chi connectivity index (χ1n) is 7.28. The molecule has 1 amide bonds. The van der Waals surface area contributed by atoms with Gasteiger partial charge in [0.25, 0.3) is 5.91 Å². The average molecular weight is 342 g/mol. The van der Waals surface area contributed by atoms with Gasteiger partial charge in [0.2, 0.25) is 0 Å². The molecule has 0 aliphatic carbocycles. The van der Waals surface area contributed by atoms with Crippen molar-refractivity contribution >= 4 is 34.4 Å².